The van der Waals surface area contributed by atoms with Crippen molar-refractivity contribution < 1.29 is 0 Å². The second kappa shape index (κ2) is 10.9. The highest BCUT2D eigenvalue weighted by Crippen LogP contribution is 2.66. The summed E-state index contributed by atoms with van der Waals surface area (Å²) < 4.78 is 0. The van der Waals surface area contributed by atoms with E-state index in [9.17, 15) is 0 Å². The van der Waals surface area contributed by atoms with Gasteiger partial charge in [0.05, 0.1) is 5.69 Å². The van der Waals surface area contributed by atoms with E-state index < -0.39 is 0 Å². The molecule has 0 heterocycles. The van der Waals surface area contributed by atoms with Crippen molar-refractivity contribution in [3.63, 3.8) is 0 Å². The molecule has 7 aromatic carbocycles. The number of rotatable bonds is 5. The molecule has 0 saturated heterocycles. The number of benzene rings is 7. The van der Waals surface area contributed by atoms with Gasteiger partial charge in [0.1, 0.15) is 0 Å². The monoisotopic (exact) mass is 629 g/mol. The summed E-state index contributed by atoms with van der Waals surface area (Å²) in [5.74, 6) is 0. The maximum atomic E-state index is 2.56. The molecule has 0 radical (unpaired) electrons. The zero-order valence-corrected chi connectivity index (χ0v) is 28.5. The molecule has 0 fully saturated rings. The van der Waals surface area contributed by atoms with Gasteiger partial charge in [0.15, 0.2) is 0 Å². The fraction of sp³-hybridized carbons (Fsp3) is 0.125. The van der Waals surface area contributed by atoms with E-state index in [1.807, 2.05) is 0 Å². The van der Waals surface area contributed by atoms with E-state index in [1.54, 1.807) is 0 Å². The van der Waals surface area contributed by atoms with Gasteiger partial charge in [0.25, 0.3) is 0 Å². The van der Waals surface area contributed by atoms with E-state index >= 15 is 0 Å². The Morgan fingerprint density at radius 3 is 1.24 bits per heavy atom. The molecule has 236 valence electrons. The van der Waals surface area contributed by atoms with Crippen molar-refractivity contribution in [1.82, 2.24) is 0 Å². The van der Waals surface area contributed by atoms with Gasteiger partial charge in [-0.05, 0) is 91.0 Å². The predicted molar refractivity (Wildman–Crippen MR) is 207 cm³/mol. The van der Waals surface area contributed by atoms with Crippen LogP contribution in [-0.2, 0) is 10.8 Å². The Hall–Kier alpha value is -5.66. The van der Waals surface area contributed by atoms with Gasteiger partial charge in [0.2, 0.25) is 0 Å². The van der Waals surface area contributed by atoms with Gasteiger partial charge in [-0.15, -0.1) is 0 Å². The van der Waals surface area contributed by atoms with Crippen molar-refractivity contribution in [2.45, 2.75) is 38.5 Å². The molecule has 0 spiro atoms. The quantitative estimate of drug-likeness (QED) is 0.183. The highest BCUT2D eigenvalue weighted by atomic mass is 15.2. The first-order valence-corrected chi connectivity index (χ1v) is 17.4. The maximum Gasteiger partial charge on any atom is 0.0556 e. The number of anilines is 3. The zero-order chi connectivity index (χ0) is 33.3. The lowest BCUT2D eigenvalue weighted by Crippen LogP contribution is -2.26. The molecule has 9 rings (SSSR count). The van der Waals surface area contributed by atoms with Crippen LogP contribution < -0.4 is 4.90 Å². The number of hydrogen-bond acceptors (Lipinski definition) is 1. The van der Waals surface area contributed by atoms with E-state index in [-0.39, 0.29) is 10.8 Å². The van der Waals surface area contributed by atoms with Gasteiger partial charge in [-0.1, -0.05) is 167 Å². The van der Waals surface area contributed by atoms with Crippen molar-refractivity contribution in [2.24, 2.45) is 0 Å². The summed E-state index contributed by atoms with van der Waals surface area (Å²) in [5, 5.41) is 0. The second-order valence-electron chi connectivity index (χ2n) is 14.5. The first-order chi connectivity index (χ1) is 23.9. The van der Waals surface area contributed by atoms with Crippen LogP contribution in [0.5, 0.6) is 0 Å². The summed E-state index contributed by atoms with van der Waals surface area (Å²) in [7, 11) is 0. The van der Waals surface area contributed by atoms with Crippen LogP contribution in [0.2, 0.25) is 0 Å². The Labute approximate surface area is 290 Å². The number of para-hydroxylation sites is 1. The van der Waals surface area contributed by atoms with Gasteiger partial charge in [0, 0.05) is 22.2 Å². The third-order valence-corrected chi connectivity index (χ3v) is 11.0. The zero-order valence-electron chi connectivity index (χ0n) is 28.5. The van der Waals surface area contributed by atoms with Crippen molar-refractivity contribution in [1.29, 1.82) is 0 Å². The van der Waals surface area contributed by atoms with Crippen molar-refractivity contribution >= 4 is 17.1 Å². The van der Waals surface area contributed by atoms with E-state index in [1.165, 1.54) is 72.4 Å². The molecule has 0 unspecified atom stereocenters. The summed E-state index contributed by atoms with van der Waals surface area (Å²) in [6, 6.07) is 60.1. The Morgan fingerprint density at radius 1 is 0.347 bits per heavy atom. The van der Waals surface area contributed by atoms with E-state index in [2.05, 4.69) is 196 Å². The Balaban J connectivity index is 1.46. The van der Waals surface area contributed by atoms with Crippen molar-refractivity contribution in [3.05, 3.63) is 186 Å². The van der Waals surface area contributed by atoms with Gasteiger partial charge >= 0.3 is 0 Å². The molecule has 1 heteroatoms. The van der Waals surface area contributed by atoms with Gasteiger partial charge < -0.3 is 4.90 Å². The topological polar surface area (TPSA) is 3.24 Å². The smallest absolute Gasteiger partial charge is 0.0556 e. The second-order valence-corrected chi connectivity index (χ2v) is 14.5. The van der Waals surface area contributed by atoms with Crippen LogP contribution in [0.15, 0.2) is 164 Å². The molecular formula is C48H39N. The molecule has 0 aliphatic heterocycles. The summed E-state index contributed by atoms with van der Waals surface area (Å²) in [6.45, 7) is 9.72. The average Bonchev–Trinajstić information content (AvgIpc) is 3.53. The molecule has 0 N–H and O–H groups in total. The molecule has 0 bridgehead atoms. The molecule has 49 heavy (non-hydrogen) atoms. The normalized spacial score (nSPS) is 14.4. The van der Waals surface area contributed by atoms with Crippen LogP contribution >= 0.6 is 0 Å². The van der Waals surface area contributed by atoms with Crippen LogP contribution in [0.1, 0.15) is 49.9 Å². The van der Waals surface area contributed by atoms with Crippen LogP contribution in [0, 0.1) is 0 Å². The molecule has 2 aliphatic carbocycles. The van der Waals surface area contributed by atoms with Gasteiger partial charge in [-0.25, -0.2) is 0 Å². The Kier molecular flexibility index (Phi) is 6.58. The van der Waals surface area contributed by atoms with Crippen LogP contribution in [-0.4, -0.2) is 0 Å². The number of nitrogens with zero attached hydrogens (tertiary/aromatic N) is 1. The molecular weight excluding hydrogens is 591 g/mol. The minimum atomic E-state index is -0.248. The fourth-order valence-corrected chi connectivity index (χ4v) is 8.79. The first-order valence-electron chi connectivity index (χ1n) is 17.4. The lowest BCUT2D eigenvalue weighted by atomic mass is 9.73. The molecule has 0 atom stereocenters. The van der Waals surface area contributed by atoms with Crippen LogP contribution in [0.4, 0.5) is 17.1 Å². The van der Waals surface area contributed by atoms with Gasteiger partial charge in [-0.2, -0.15) is 0 Å². The minimum absolute atomic E-state index is 0.248. The molecule has 0 aromatic heterocycles. The van der Waals surface area contributed by atoms with E-state index in [4.69, 9.17) is 0 Å². The fourth-order valence-electron chi connectivity index (χ4n) is 8.79. The summed E-state index contributed by atoms with van der Waals surface area (Å²) in [6.07, 6.45) is 0. The van der Waals surface area contributed by atoms with E-state index in [0.717, 1.165) is 11.4 Å². The number of fused-ring (bicyclic) bond motifs is 6. The van der Waals surface area contributed by atoms with Crippen LogP contribution in [0.3, 0.4) is 0 Å². The summed E-state index contributed by atoms with van der Waals surface area (Å²) in [5.41, 5.74) is 19.1. The average molecular weight is 630 g/mol. The van der Waals surface area contributed by atoms with Crippen LogP contribution in [0.25, 0.3) is 44.5 Å². The van der Waals surface area contributed by atoms with Gasteiger partial charge in [-0.3, -0.25) is 0 Å². The minimum Gasteiger partial charge on any atom is -0.310 e. The molecule has 0 amide bonds. The highest BCUT2D eigenvalue weighted by molar-refractivity contribution is 6.09. The molecule has 0 saturated carbocycles. The number of hydrogen-bond donors (Lipinski definition) is 0. The summed E-state index contributed by atoms with van der Waals surface area (Å²) in [4.78, 5) is 2.56. The Bertz CT molecular complexity index is 2260. The highest BCUT2D eigenvalue weighted by Gasteiger charge is 2.48. The summed E-state index contributed by atoms with van der Waals surface area (Å²) >= 11 is 0. The predicted octanol–water partition coefficient (Wildman–Crippen LogP) is 13.1. The molecule has 2 aliphatic rings. The lowest BCUT2D eigenvalue weighted by Gasteiger charge is -2.38. The van der Waals surface area contributed by atoms with Crippen molar-refractivity contribution in [2.75, 3.05) is 4.90 Å². The van der Waals surface area contributed by atoms with Crippen molar-refractivity contribution in [3.8, 4) is 44.5 Å². The molecule has 7 aromatic rings. The Morgan fingerprint density at radius 2 is 0.735 bits per heavy atom. The SMILES string of the molecule is CC1(C)c2ccccc2-c2c(-c3ccccc3)c3c(c(N(c4ccccc4)c4ccc(-c5ccccc5)cc4)c21)C(C)(C)c1ccccc1-3. The standard InChI is InChI=1S/C48H39N/c1-47(2)39-26-16-14-24-37(39)42-41(34-20-10-6-11-21-34)43-38-25-15-17-27-40(38)48(3,4)45(43)46(44(42)47)49(35-22-12-7-13-23-35)36-30-28-33(29-31-36)32-18-8-5-9-19-32/h5-31H,1-4H3. The largest absolute Gasteiger partial charge is 0.310 e. The third kappa shape index (κ3) is 4.32. The first kappa shape index (κ1) is 29.5. The maximum absolute atomic E-state index is 2.56. The van der Waals surface area contributed by atoms with E-state index in [0.29, 0.717) is 0 Å². The third-order valence-electron chi connectivity index (χ3n) is 11.0. The molecule has 1 nitrogen and oxygen atoms in total. The lowest BCUT2D eigenvalue weighted by molar-refractivity contribution is 0.640.